The van der Waals surface area contributed by atoms with Gasteiger partial charge in [0.1, 0.15) is 0 Å². The van der Waals surface area contributed by atoms with Gasteiger partial charge in [-0.15, -0.1) is 0 Å². The van der Waals surface area contributed by atoms with E-state index < -0.39 is 17.5 Å². The summed E-state index contributed by atoms with van der Waals surface area (Å²) < 4.78 is 40.6. The average Bonchev–Trinajstić information content (AvgIpc) is 2.43. The first-order valence-electron chi connectivity index (χ1n) is 7.68. The Labute approximate surface area is 124 Å². The van der Waals surface area contributed by atoms with Gasteiger partial charge in [0.2, 0.25) is 0 Å². The second-order valence-electron chi connectivity index (χ2n) is 7.05. The highest BCUT2D eigenvalue weighted by Gasteiger charge is 2.30. The highest BCUT2D eigenvalue weighted by molar-refractivity contribution is 5.25. The lowest BCUT2D eigenvalue weighted by atomic mass is 9.75. The van der Waals surface area contributed by atoms with E-state index in [-0.39, 0.29) is 17.4 Å². The Morgan fingerprint density at radius 1 is 1.05 bits per heavy atom. The van der Waals surface area contributed by atoms with Crippen molar-refractivity contribution in [1.82, 2.24) is 5.32 Å². The molecule has 1 aromatic rings. The second kappa shape index (κ2) is 6.39. The number of nitrogens with one attached hydrogen (secondary N) is 1. The summed E-state index contributed by atoms with van der Waals surface area (Å²) in [5, 5.41) is 3.45. The highest BCUT2D eigenvalue weighted by atomic mass is 19.2. The van der Waals surface area contributed by atoms with Crippen LogP contribution in [0.15, 0.2) is 12.1 Å². The van der Waals surface area contributed by atoms with Gasteiger partial charge in [-0.05, 0) is 63.6 Å². The summed E-state index contributed by atoms with van der Waals surface area (Å²) in [4.78, 5) is 0. The fourth-order valence-electron chi connectivity index (χ4n) is 3.13. The molecule has 0 saturated heterocycles. The van der Waals surface area contributed by atoms with Crippen LogP contribution in [0.1, 0.15) is 57.9 Å². The Bertz CT molecular complexity index is 494. The maximum absolute atomic E-state index is 14.1. The van der Waals surface area contributed by atoms with Gasteiger partial charge in [0, 0.05) is 5.54 Å². The maximum atomic E-state index is 14.1. The standard InChI is InChI=1S/C17H24F3N/c1-17(2,3)21-10-11-6-4-5-7-12(11)13-8-9-14(18)16(20)15(13)19/h8-9,11-12,21H,4-7,10H2,1-3H3. The SMILES string of the molecule is CC(C)(C)NCC1CCCCC1c1ccc(F)c(F)c1F. The summed E-state index contributed by atoms with van der Waals surface area (Å²) in [6.45, 7) is 7.03. The van der Waals surface area contributed by atoms with Crippen molar-refractivity contribution in [2.24, 2.45) is 5.92 Å². The summed E-state index contributed by atoms with van der Waals surface area (Å²) >= 11 is 0. The van der Waals surface area contributed by atoms with E-state index in [9.17, 15) is 13.2 Å². The third kappa shape index (κ3) is 4.00. The predicted molar refractivity (Wildman–Crippen MR) is 78.8 cm³/mol. The zero-order valence-corrected chi connectivity index (χ0v) is 13.0. The number of hydrogen-bond donors (Lipinski definition) is 1. The Kier molecular flexibility index (Phi) is 4.97. The van der Waals surface area contributed by atoms with E-state index in [1.54, 1.807) is 0 Å². The smallest absolute Gasteiger partial charge is 0.194 e. The Morgan fingerprint density at radius 3 is 2.38 bits per heavy atom. The van der Waals surface area contributed by atoms with Crippen molar-refractivity contribution in [3.8, 4) is 0 Å². The van der Waals surface area contributed by atoms with Gasteiger partial charge in [0.25, 0.3) is 0 Å². The molecule has 118 valence electrons. The molecule has 1 saturated carbocycles. The van der Waals surface area contributed by atoms with Crippen LogP contribution in [0.4, 0.5) is 13.2 Å². The molecule has 0 aliphatic heterocycles. The first kappa shape index (κ1) is 16.3. The zero-order chi connectivity index (χ0) is 15.6. The minimum absolute atomic E-state index is 0.00537. The van der Waals surface area contributed by atoms with Crippen LogP contribution in [-0.4, -0.2) is 12.1 Å². The van der Waals surface area contributed by atoms with Crippen molar-refractivity contribution >= 4 is 0 Å². The first-order chi connectivity index (χ1) is 9.79. The molecule has 21 heavy (non-hydrogen) atoms. The monoisotopic (exact) mass is 299 g/mol. The summed E-state index contributed by atoms with van der Waals surface area (Å²) in [5.41, 5.74) is 0.323. The van der Waals surface area contributed by atoms with Gasteiger partial charge < -0.3 is 5.32 Å². The quantitative estimate of drug-likeness (QED) is 0.793. The second-order valence-corrected chi connectivity index (χ2v) is 7.05. The van der Waals surface area contributed by atoms with E-state index in [1.165, 1.54) is 6.07 Å². The van der Waals surface area contributed by atoms with Crippen LogP contribution in [0, 0.1) is 23.4 Å². The summed E-state index contributed by atoms with van der Waals surface area (Å²) in [5.74, 6) is -3.25. The van der Waals surface area contributed by atoms with Crippen molar-refractivity contribution < 1.29 is 13.2 Å². The van der Waals surface area contributed by atoms with Gasteiger partial charge >= 0.3 is 0 Å². The van der Waals surface area contributed by atoms with E-state index in [1.807, 2.05) is 0 Å². The van der Waals surface area contributed by atoms with Crippen molar-refractivity contribution in [3.05, 3.63) is 35.1 Å². The first-order valence-corrected chi connectivity index (χ1v) is 7.68. The highest BCUT2D eigenvalue weighted by Crippen LogP contribution is 2.39. The lowest BCUT2D eigenvalue weighted by Crippen LogP contribution is -2.41. The fraction of sp³-hybridized carbons (Fsp3) is 0.647. The molecule has 0 spiro atoms. The molecular weight excluding hydrogens is 275 g/mol. The van der Waals surface area contributed by atoms with E-state index >= 15 is 0 Å². The molecule has 1 aromatic carbocycles. The largest absolute Gasteiger partial charge is 0.312 e. The summed E-state index contributed by atoms with van der Waals surface area (Å²) in [6.07, 6.45) is 3.94. The minimum Gasteiger partial charge on any atom is -0.312 e. The van der Waals surface area contributed by atoms with Crippen LogP contribution in [0.3, 0.4) is 0 Å². The molecule has 4 heteroatoms. The van der Waals surface area contributed by atoms with E-state index in [4.69, 9.17) is 0 Å². The van der Waals surface area contributed by atoms with Crippen LogP contribution in [-0.2, 0) is 0 Å². The van der Waals surface area contributed by atoms with E-state index in [0.717, 1.165) is 38.3 Å². The molecule has 2 atom stereocenters. The van der Waals surface area contributed by atoms with Gasteiger partial charge in [-0.1, -0.05) is 18.9 Å². The van der Waals surface area contributed by atoms with Gasteiger partial charge in [0.15, 0.2) is 17.5 Å². The molecule has 1 aliphatic carbocycles. The lowest BCUT2D eigenvalue weighted by molar-refractivity contribution is 0.263. The number of hydrogen-bond acceptors (Lipinski definition) is 1. The fourth-order valence-corrected chi connectivity index (χ4v) is 3.13. The van der Waals surface area contributed by atoms with Gasteiger partial charge in [-0.3, -0.25) is 0 Å². The zero-order valence-electron chi connectivity index (χ0n) is 13.0. The van der Waals surface area contributed by atoms with Crippen LogP contribution < -0.4 is 5.32 Å². The molecule has 1 aliphatic rings. The van der Waals surface area contributed by atoms with Gasteiger partial charge in [-0.25, -0.2) is 13.2 Å². The topological polar surface area (TPSA) is 12.0 Å². The van der Waals surface area contributed by atoms with Crippen LogP contribution in [0.2, 0.25) is 0 Å². The van der Waals surface area contributed by atoms with Crippen molar-refractivity contribution in [1.29, 1.82) is 0 Å². The molecule has 0 heterocycles. The molecule has 2 rings (SSSR count). The Hall–Kier alpha value is -1.03. The lowest BCUT2D eigenvalue weighted by Gasteiger charge is -2.34. The molecular formula is C17H24F3N. The van der Waals surface area contributed by atoms with E-state index in [0.29, 0.717) is 5.56 Å². The number of rotatable bonds is 3. The van der Waals surface area contributed by atoms with Crippen molar-refractivity contribution in [2.75, 3.05) is 6.54 Å². The number of benzene rings is 1. The molecule has 2 unspecified atom stereocenters. The third-order valence-electron chi connectivity index (χ3n) is 4.27. The van der Waals surface area contributed by atoms with Crippen LogP contribution >= 0.6 is 0 Å². The Balaban J connectivity index is 2.21. The van der Waals surface area contributed by atoms with Crippen LogP contribution in [0.5, 0.6) is 0 Å². The molecule has 1 N–H and O–H groups in total. The maximum Gasteiger partial charge on any atom is 0.194 e. The molecule has 0 amide bonds. The van der Waals surface area contributed by atoms with Crippen molar-refractivity contribution in [3.63, 3.8) is 0 Å². The molecule has 0 aromatic heterocycles. The Morgan fingerprint density at radius 2 is 1.71 bits per heavy atom. The summed E-state index contributed by atoms with van der Waals surface area (Å²) in [6, 6.07) is 2.45. The average molecular weight is 299 g/mol. The normalized spacial score (nSPS) is 23.3. The molecule has 0 bridgehead atoms. The summed E-state index contributed by atoms with van der Waals surface area (Å²) in [7, 11) is 0. The number of halogens is 3. The predicted octanol–water partition coefficient (Wildman–Crippen LogP) is 4.77. The van der Waals surface area contributed by atoms with Crippen molar-refractivity contribution in [2.45, 2.75) is 57.9 Å². The van der Waals surface area contributed by atoms with Gasteiger partial charge in [0.05, 0.1) is 0 Å². The van der Waals surface area contributed by atoms with Crippen LogP contribution in [0.25, 0.3) is 0 Å². The molecule has 0 radical (unpaired) electrons. The molecule has 1 nitrogen and oxygen atoms in total. The third-order valence-corrected chi connectivity index (χ3v) is 4.27. The van der Waals surface area contributed by atoms with E-state index in [2.05, 4.69) is 26.1 Å². The minimum atomic E-state index is -1.35. The molecule has 1 fully saturated rings. The van der Waals surface area contributed by atoms with Gasteiger partial charge in [-0.2, -0.15) is 0 Å².